The third-order valence-electron chi connectivity index (χ3n) is 10.9. The topological polar surface area (TPSA) is 109 Å². The Hall–Kier alpha value is -3.00. The SMILES string of the molecule is CCOC1CCC2NC1N(C=O)CCC/C=C\CN1C(=O)C3CNC(Nc4ccc5c(ccn5C5CCN(C(C)C)CC5)c4)NC3N21. The molecule has 7 rings (SSSR count). The maximum atomic E-state index is 13.9. The van der Waals surface area contributed by atoms with Gasteiger partial charge in [0, 0.05) is 67.7 Å². The monoisotopic (exact) mass is 647 g/mol. The first kappa shape index (κ1) is 32.5. The van der Waals surface area contributed by atoms with Crippen LogP contribution in [0.5, 0.6) is 0 Å². The van der Waals surface area contributed by atoms with E-state index < -0.39 is 0 Å². The first-order valence-electron chi connectivity index (χ1n) is 17.9. The number of carbonyl (C=O) groups is 2. The van der Waals surface area contributed by atoms with Crippen molar-refractivity contribution in [3.8, 4) is 0 Å². The van der Waals surface area contributed by atoms with Crippen molar-refractivity contribution in [3.05, 3.63) is 42.6 Å². The Balaban J connectivity index is 1.08. The minimum absolute atomic E-state index is 0.0875. The van der Waals surface area contributed by atoms with Crippen LogP contribution in [0.2, 0.25) is 0 Å². The van der Waals surface area contributed by atoms with Crippen LogP contribution < -0.4 is 21.3 Å². The summed E-state index contributed by atoms with van der Waals surface area (Å²) in [7, 11) is 0. The van der Waals surface area contributed by atoms with E-state index in [0.717, 1.165) is 50.9 Å². The molecule has 4 fully saturated rings. The van der Waals surface area contributed by atoms with Crippen LogP contribution in [0.3, 0.4) is 0 Å². The number of nitrogens with zero attached hydrogens (tertiary/aromatic N) is 5. The highest BCUT2D eigenvalue weighted by Crippen LogP contribution is 2.34. The van der Waals surface area contributed by atoms with Gasteiger partial charge in [-0.25, -0.2) is 0 Å². The van der Waals surface area contributed by atoms with Gasteiger partial charge in [0.25, 0.3) is 0 Å². The lowest BCUT2D eigenvalue weighted by atomic mass is 10.0. The summed E-state index contributed by atoms with van der Waals surface area (Å²) in [4.78, 5) is 30.5. The summed E-state index contributed by atoms with van der Waals surface area (Å²) >= 11 is 0. The van der Waals surface area contributed by atoms with Crippen molar-refractivity contribution in [1.82, 2.24) is 40.3 Å². The summed E-state index contributed by atoms with van der Waals surface area (Å²) in [6.07, 6.45) is 12.2. The zero-order valence-electron chi connectivity index (χ0n) is 28.2. The minimum Gasteiger partial charge on any atom is -0.375 e. The van der Waals surface area contributed by atoms with Crippen LogP contribution in [-0.4, -0.2) is 113 Å². The number of anilines is 1. The summed E-state index contributed by atoms with van der Waals surface area (Å²) in [6, 6.07) is 10.0. The molecule has 6 heterocycles. The molecule has 0 spiro atoms. The molecule has 2 amide bonds. The second kappa shape index (κ2) is 14.2. The van der Waals surface area contributed by atoms with Crippen LogP contribution in [0.1, 0.15) is 65.3 Å². The van der Waals surface area contributed by atoms with Gasteiger partial charge in [-0.1, -0.05) is 12.2 Å². The predicted molar refractivity (Wildman–Crippen MR) is 183 cm³/mol. The van der Waals surface area contributed by atoms with Gasteiger partial charge in [0.2, 0.25) is 12.3 Å². The molecule has 256 valence electrons. The summed E-state index contributed by atoms with van der Waals surface area (Å²) in [6.45, 7) is 11.2. The van der Waals surface area contributed by atoms with Gasteiger partial charge in [-0.3, -0.25) is 30.5 Å². The zero-order chi connectivity index (χ0) is 32.5. The summed E-state index contributed by atoms with van der Waals surface area (Å²) in [5, 5.41) is 20.0. The van der Waals surface area contributed by atoms with Crippen molar-refractivity contribution in [2.45, 2.75) is 102 Å². The summed E-state index contributed by atoms with van der Waals surface area (Å²) in [5.74, 6) is -0.105. The highest BCUT2D eigenvalue weighted by atomic mass is 16.5. The average Bonchev–Trinajstić information content (AvgIpc) is 3.62. The van der Waals surface area contributed by atoms with Gasteiger partial charge in [0.1, 0.15) is 12.5 Å². The number of ether oxygens (including phenoxy) is 1. The van der Waals surface area contributed by atoms with E-state index in [1.165, 1.54) is 23.7 Å². The number of benzene rings is 1. The van der Waals surface area contributed by atoms with Gasteiger partial charge in [-0.15, -0.1) is 0 Å². The number of nitrogens with one attached hydrogen (secondary N) is 4. The third kappa shape index (κ3) is 6.56. The number of likely N-dealkylation sites (tertiary alicyclic amines) is 1. The third-order valence-corrected chi connectivity index (χ3v) is 10.9. The molecule has 4 saturated heterocycles. The number of piperidine rings is 2. The van der Waals surface area contributed by atoms with Crippen LogP contribution in [0.25, 0.3) is 10.9 Å². The van der Waals surface area contributed by atoms with E-state index in [-0.39, 0.29) is 42.7 Å². The fraction of sp³-hybridized carbons (Fsp3) is 0.657. The molecule has 0 saturated carbocycles. The molecular formula is C35H53N9O3. The number of hydrogen-bond donors (Lipinski definition) is 4. The van der Waals surface area contributed by atoms with Crippen molar-refractivity contribution in [1.29, 1.82) is 0 Å². The van der Waals surface area contributed by atoms with Crippen molar-refractivity contribution >= 4 is 28.9 Å². The Labute approximate surface area is 278 Å². The van der Waals surface area contributed by atoms with Gasteiger partial charge in [0.15, 0.2) is 0 Å². The lowest BCUT2D eigenvalue weighted by molar-refractivity contribution is -0.153. The lowest BCUT2D eigenvalue weighted by Gasteiger charge is -2.48. The van der Waals surface area contributed by atoms with Crippen LogP contribution in [0.15, 0.2) is 42.6 Å². The van der Waals surface area contributed by atoms with E-state index in [0.29, 0.717) is 38.3 Å². The Morgan fingerprint density at radius 3 is 2.68 bits per heavy atom. The van der Waals surface area contributed by atoms with E-state index in [1.807, 2.05) is 16.8 Å². The number of hydrazine groups is 1. The maximum Gasteiger partial charge on any atom is 0.244 e. The van der Waals surface area contributed by atoms with Gasteiger partial charge in [-0.05, 0) is 83.6 Å². The van der Waals surface area contributed by atoms with E-state index in [9.17, 15) is 9.59 Å². The predicted octanol–water partition coefficient (Wildman–Crippen LogP) is 2.83. The molecule has 1 aromatic carbocycles. The molecule has 0 aliphatic carbocycles. The fourth-order valence-corrected chi connectivity index (χ4v) is 8.41. The average molecular weight is 648 g/mol. The second-order valence-corrected chi connectivity index (χ2v) is 14.0. The second-order valence-electron chi connectivity index (χ2n) is 14.0. The number of carbonyl (C=O) groups excluding carboxylic acids is 2. The van der Waals surface area contributed by atoms with E-state index >= 15 is 0 Å². The Bertz CT molecular complexity index is 1420. The molecule has 5 aliphatic heterocycles. The highest BCUT2D eigenvalue weighted by molar-refractivity contribution is 5.84. The fourth-order valence-electron chi connectivity index (χ4n) is 8.41. The van der Waals surface area contributed by atoms with Crippen molar-refractivity contribution in [2.75, 3.05) is 44.6 Å². The van der Waals surface area contributed by atoms with Crippen molar-refractivity contribution in [2.24, 2.45) is 5.92 Å². The highest BCUT2D eigenvalue weighted by Gasteiger charge is 2.53. The number of allylic oxidation sites excluding steroid dienone is 1. The molecule has 47 heavy (non-hydrogen) atoms. The van der Waals surface area contributed by atoms with E-state index in [1.54, 1.807) is 0 Å². The molecule has 4 N–H and O–H groups in total. The normalized spacial score (nSPS) is 32.1. The van der Waals surface area contributed by atoms with Gasteiger partial charge >= 0.3 is 0 Å². The molecule has 2 bridgehead atoms. The smallest absolute Gasteiger partial charge is 0.244 e. The molecule has 12 nitrogen and oxygen atoms in total. The Morgan fingerprint density at radius 1 is 1.04 bits per heavy atom. The number of amides is 2. The standard InChI is InChI=1S/C35H53N9O3/c1-4-47-30-11-12-31-38-33(30)41(23-45)16-7-5-6-8-17-43-34(46)28-22-36-35(39-32(28)44(31)43)37-26-9-10-29-25(21-26)13-20-42(29)27-14-18-40(19-15-27)24(2)3/h6,8-10,13,20-21,23-24,27-28,30-33,35-39H,4-5,7,11-12,14-19,22H2,1-3H3/b8-6-. The number of fused-ring (bicyclic) bond motifs is 7. The van der Waals surface area contributed by atoms with Crippen molar-refractivity contribution < 1.29 is 14.3 Å². The number of rotatable bonds is 7. The van der Waals surface area contributed by atoms with Gasteiger partial charge in [-0.2, -0.15) is 5.01 Å². The summed E-state index contributed by atoms with van der Waals surface area (Å²) < 4.78 is 8.58. The Morgan fingerprint density at radius 2 is 1.89 bits per heavy atom. The molecule has 1 aromatic heterocycles. The lowest BCUT2D eigenvalue weighted by Crippen LogP contribution is -2.70. The van der Waals surface area contributed by atoms with E-state index in [4.69, 9.17) is 4.74 Å². The summed E-state index contributed by atoms with van der Waals surface area (Å²) in [5.41, 5.74) is 2.31. The quantitative estimate of drug-likeness (QED) is 0.267. The van der Waals surface area contributed by atoms with Crippen LogP contribution in [0, 0.1) is 5.92 Å². The number of aromatic nitrogens is 1. The molecule has 12 heteroatoms. The zero-order valence-corrected chi connectivity index (χ0v) is 28.2. The molecular weight excluding hydrogens is 594 g/mol. The number of hydrogen-bond acceptors (Lipinski definition) is 9. The molecule has 6 atom stereocenters. The minimum atomic E-state index is -0.247. The van der Waals surface area contributed by atoms with E-state index in [2.05, 4.69) is 92.2 Å². The molecule has 2 aromatic rings. The van der Waals surface area contributed by atoms with Crippen molar-refractivity contribution in [3.63, 3.8) is 0 Å². The molecule has 5 aliphatic rings. The largest absolute Gasteiger partial charge is 0.375 e. The van der Waals surface area contributed by atoms with Gasteiger partial charge in [0.05, 0.1) is 30.9 Å². The maximum absolute atomic E-state index is 13.9. The molecule has 6 unspecified atom stereocenters. The van der Waals surface area contributed by atoms with Crippen LogP contribution >= 0.6 is 0 Å². The first-order valence-corrected chi connectivity index (χ1v) is 17.9. The first-order chi connectivity index (χ1) is 22.9. The van der Waals surface area contributed by atoms with Crippen LogP contribution in [-0.2, 0) is 14.3 Å². The Kier molecular flexibility index (Phi) is 9.86. The molecule has 0 radical (unpaired) electrons. The van der Waals surface area contributed by atoms with Gasteiger partial charge < -0.3 is 24.4 Å². The van der Waals surface area contributed by atoms with Crippen LogP contribution in [0.4, 0.5) is 5.69 Å².